The number of benzene rings is 2. The van der Waals surface area contributed by atoms with E-state index in [1.807, 2.05) is 48.5 Å². The summed E-state index contributed by atoms with van der Waals surface area (Å²) in [5, 5.41) is 5.50. The standard InChI is InChI=1S/C18H19N3S2/c1-14-12-19-18(23-14)21(13-15-8-4-2-5-9-15)17(22)20-16-10-6-3-7-11-16/h2-11,14H,12-13H2,1H3,(H,20,22)/t14-/m1/s1. The summed E-state index contributed by atoms with van der Waals surface area (Å²) in [7, 11) is 0. The average molecular weight is 342 g/mol. The fourth-order valence-corrected chi connectivity index (χ4v) is 3.58. The minimum atomic E-state index is 0.503. The minimum absolute atomic E-state index is 0.503. The quantitative estimate of drug-likeness (QED) is 0.839. The van der Waals surface area contributed by atoms with Gasteiger partial charge in [0.05, 0.1) is 13.1 Å². The molecule has 0 fully saturated rings. The molecule has 0 radical (unpaired) electrons. The first-order valence-corrected chi connectivity index (χ1v) is 8.90. The second-order valence-electron chi connectivity index (χ2n) is 5.42. The van der Waals surface area contributed by atoms with E-state index in [0.717, 1.165) is 23.9 Å². The maximum Gasteiger partial charge on any atom is 0.179 e. The molecule has 1 atom stereocenters. The van der Waals surface area contributed by atoms with Gasteiger partial charge in [0.15, 0.2) is 10.3 Å². The maximum atomic E-state index is 5.65. The number of hydrogen-bond donors (Lipinski definition) is 1. The van der Waals surface area contributed by atoms with Crippen LogP contribution in [0.15, 0.2) is 65.7 Å². The van der Waals surface area contributed by atoms with Crippen LogP contribution in [0, 0.1) is 0 Å². The van der Waals surface area contributed by atoms with Crippen molar-refractivity contribution in [2.45, 2.75) is 18.7 Å². The lowest BCUT2D eigenvalue weighted by Gasteiger charge is -2.25. The highest BCUT2D eigenvalue weighted by Crippen LogP contribution is 2.25. The molecule has 0 unspecified atom stereocenters. The van der Waals surface area contributed by atoms with Crippen molar-refractivity contribution in [2.24, 2.45) is 4.99 Å². The van der Waals surface area contributed by atoms with Crippen molar-refractivity contribution in [3.63, 3.8) is 0 Å². The highest BCUT2D eigenvalue weighted by atomic mass is 32.2. The van der Waals surface area contributed by atoms with E-state index in [1.54, 1.807) is 11.8 Å². The van der Waals surface area contributed by atoms with Crippen molar-refractivity contribution in [3.05, 3.63) is 66.2 Å². The number of aliphatic imine (C=N–C) groups is 1. The Morgan fingerprint density at radius 1 is 1.17 bits per heavy atom. The summed E-state index contributed by atoms with van der Waals surface area (Å²) < 4.78 is 0. The molecule has 0 bridgehead atoms. The molecule has 0 aliphatic carbocycles. The number of anilines is 1. The van der Waals surface area contributed by atoms with Crippen LogP contribution >= 0.6 is 24.0 Å². The van der Waals surface area contributed by atoms with Crippen LogP contribution in [0.5, 0.6) is 0 Å². The Hall–Kier alpha value is -1.85. The fourth-order valence-electron chi connectivity index (χ4n) is 2.31. The first-order valence-electron chi connectivity index (χ1n) is 7.61. The van der Waals surface area contributed by atoms with Crippen molar-refractivity contribution >= 4 is 39.9 Å². The molecule has 23 heavy (non-hydrogen) atoms. The topological polar surface area (TPSA) is 27.6 Å². The maximum absolute atomic E-state index is 5.65. The van der Waals surface area contributed by atoms with Crippen LogP contribution in [-0.4, -0.2) is 27.0 Å². The number of amidine groups is 1. The SMILES string of the molecule is C[C@@H]1CN=C(N(Cc2ccccc2)C(=S)Nc2ccccc2)S1. The molecule has 1 N–H and O–H groups in total. The van der Waals surface area contributed by atoms with Gasteiger partial charge in [-0.15, -0.1) is 0 Å². The van der Waals surface area contributed by atoms with E-state index in [2.05, 4.69) is 34.3 Å². The van der Waals surface area contributed by atoms with Gasteiger partial charge >= 0.3 is 0 Å². The van der Waals surface area contributed by atoms with E-state index in [9.17, 15) is 0 Å². The average Bonchev–Trinajstić information content (AvgIpc) is 3.00. The zero-order valence-electron chi connectivity index (χ0n) is 13.0. The van der Waals surface area contributed by atoms with Crippen molar-refractivity contribution in [3.8, 4) is 0 Å². The van der Waals surface area contributed by atoms with Crippen LogP contribution in [0.1, 0.15) is 12.5 Å². The van der Waals surface area contributed by atoms with Crippen LogP contribution in [0.4, 0.5) is 5.69 Å². The van der Waals surface area contributed by atoms with Gasteiger partial charge < -0.3 is 5.32 Å². The van der Waals surface area contributed by atoms with E-state index >= 15 is 0 Å². The molecule has 118 valence electrons. The Balaban J connectivity index is 1.78. The Kier molecular flexibility index (Phi) is 5.31. The third-order valence-electron chi connectivity index (χ3n) is 3.47. The van der Waals surface area contributed by atoms with Gasteiger partial charge in [-0.05, 0) is 29.9 Å². The summed E-state index contributed by atoms with van der Waals surface area (Å²) in [6.07, 6.45) is 0. The van der Waals surface area contributed by atoms with Crippen LogP contribution in [0.2, 0.25) is 0 Å². The molecule has 0 amide bonds. The lowest BCUT2D eigenvalue weighted by atomic mass is 10.2. The Morgan fingerprint density at radius 2 is 1.83 bits per heavy atom. The summed E-state index contributed by atoms with van der Waals surface area (Å²) in [6, 6.07) is 20.4. The molecule has 1 heterocycles. The van der Waals surface area contributed by atoms with Crippen molar-refractivity contribution in [2.75, 3.05) is 11.9 Å². The molecule has 1 aliphatic heterocycles. The predicted octanol–water partition coefficient (Wildman–Crippen LogP) is 4.38. The van der Waals surface area contributed by atoms with Crippen molar-refractivity contribution in [1.82, 2.24) is 4.90 Å². The molecule has 2 aromatic carbocycles. The smallest absolute Gasteiger partial charge is 0.179 e. The van der Waals surface area contributed by atoms with E-state index in [4.69, 9.17) is 12.2 Å². The second-order valence-corrected chi connectivity index (χ2v) is 7.21. The summed E-state index contributed by atoms with van der Waals surface area (Å²) in [5.74, 6) is 0. The summed E-state index contributed by atoms with van der Waals surface area (Å²) >= 11 is 7.43. The number of hydrogen-bond acceptors (Lipinski definition) is 3. The van der Waals surface area contributed by atoms with Gasteiger partial charge in [0.1, 0.15) is 0 Å². The first-order chi connectivity index (χ1) is 11.2. The first kappa shape index (κ1) is 16.0. The Labute approximate surface area is 146 Å². The summed E-state index contributed by atoms with van der Waals surface area (Å²) in [5.41, 5.74) is 2.21. The molecule has 3 nitrogen and oxygen atoms in total. The number of para-hydroxylation sites is 1. The minimum Gasteiger partial charge on any atom is -0.332 e. The van der Waals surface area contributed by atoms with Crippen LogP contribution in [0.25, 0.3) is 0 Å². The molecule has 0 aromatic heterocycles. The Morgan fingerprint density at radius 3 is 2.43 bits per heavy atom. The lowest BCUT2D eigenvalue weighted by molar-refractivity contribution is 0.623. The summed E-state index contributed by atoms with van der Waals surface area (Å²) in [6.45, 7) is 3.76. The van der Waals surface area contributed by atoms with Gasteiger partial charge in [0, 0.05) is 10.9 Å². The molecule has 0 saturated heterocycles. The number of thioether (sulfide) groups is 1. The van der Waals surface area contributed by atoms with Crippen molar-refractivity contribution in [1.29, 1.82) is 0 Å². The third kappa shape index (κ3) is 4.33. The van der Waals surface area contributed by atoms with Gasteiger partial charge in [0.2, 0.25) is 0 Å². The molecular formula is C18H19N3S2. The molecule has 5 heteroatoms. The largest absolute Gasteiger partial charge is 0.332 e. The lowest BCUT2D eigenvalue weighted by Crippen LogP contribution is -2.37. The van der Waals surface area contributed by atoms with E-state index in [-0.39, 0.29) is 0 Å². The van der Waals surface area contributed by atoms with Gasteiger partial charge in [-0.2, -0.15) is 0 Å². The zero-order chi connectivity index (χ0) is 16.1. The molecule has 1 aliphatic rings. The normalized spacial score (nSPS) is 16.7. The predicted molar refractivity (Wildman–Crippen MR) is 104 cm³/mol. The molecular weight excluding hydrogens is 322 g/mol. The molecule has 0 spiro atoms. The van der Waals surface area contributed by atoms with Crippen LogP contribution in [-0.2, 0) is 6.54 Å². The molecule has 2 aromatic rings. The number of nitrogens with one attached hydrogen (secondary N) is 1. The Bertz CT molecular complexity index is 686. The third-order valence-corrected chi connectivity index (χ3v) is 4.91. The molecule has 0 saturated carbocycles. The molecule has 3 rings (SSSR count). The van der Waals surface area contributed by atoms with E-state index < -0.39 is 0 Å². The van der Waals surface area contributed by atoms with Gasteiger partial charge in [-0.1, -0.05) is 67.2 Å². The fraction of sp³-hybridized carbons (Fsp3) is 0.222. The van der Waals surface area contributed by atoms with E-state index in [0.29, 0.717) is 10.4 Å². The zero-order valence-corrected chi connectivity index (χ0v) is 14.6. The second kappa shape index (κ2) is 7.62. The van der Waals surface area contributed by atoms with Gasteiger partial charge in [-0.3, -0.25) is 9.89 Å². The number of thiocarbonyl (C=S) groups is 1. The van der Waals surface area contributed by atoms with Crippen LogP contribution in [0.3, 0.4) is 0 Å². The van der Waals surface area contributed by atoms with Crippen molar-refractivity contribution < 1.29 is 0 Å². The highest BCUT2D eigenvalue weighted by molar-refractivity contribution is 8.14. The number of nitrogens with zero attached hydrogens (tertiary/aromatic N) is 2. The highest BCUT2D eigenvalue weighted by Gasteiger charge is 2.24. The number of rotatable bonds is 3. The summed E-state index contributed by atoms with van der Waals surface area (Å²) in [4.78, 5) is 6.74. The van der Waals surface area contributed by atoms with Gasteiger partial charge in [0.25, 0.3) is 0 Å². The van der Waals surface area contributed by atoms with Crippen LogP contribution < -0.4 is 5.32 Å². The van der Waals surface area contributed by atoms with Gasteiger partial charge in [-0.25, -0.2) is 0 Å². The van der Waals surface area contributed by atoms with E-state index in [1.165, 1.54) is 5.56 Å². The monoisotopic (exact) mass is 341 g/mol.